The van der Waals surface area contributed by atoms with Gasteiger partial charge in [-0.05, 0) is 19.8 Å². The number of aliphatic hydroxyl groups excluding tert-OH is 1. The molecule has 1 aromatic rings. The van der Waals surface area contributed by atoms with Crippen LogP contribution in [0.5, 0.6) is 0 Å². The topological polar surface area (TPSA) is 50.9 Å². The highest BCUT2D eigenvalue weighted by Crippen LogP contribution is 2.09. The monoisotopic (exact) mass is 183 g/mol. The van der Waals surface area contributed by atoms with Crippen LogP contribution in [-0.2, 0) is 6.42 Å². The average Bonchev–Trinajstić information content (AvgIpc) is 2.52. The number of aliphatic hydroxyl groups is 1. The van der Waals surface area contributed by atoms with Gasteiger partial charge in [0.25, 0.3) is 0 Å². The highest BCUT2D eigenvalue weighted by atomic mass is 16.3. The number of rotatable bonds is 4. The molecule has 0 saturated heterocycles. The molecule has 0 aromatic carbocycles. The summed E-state index contributed by atoms with van der Waals surface area (Å²) in [7, 11) is 0. The van der Waals surface area contributed by atoms with Gasteiger partial charge >= 0.3 is 0 Å². The van der Waals surface area contributed by atoms with Crippen molar-refractivity contribution in [2.24, 2.45) is 5.92 Å². The summed E-state index contributed by atoms with van der Waals surface area (Å²) in [5.74, 6) is 1.21. The molecule has 0 fully saturated rings. The van der Waals surface area contributed by atoms with E-state index in [0.29, 0.717) is 6.04 Å². The predicted octanol–water partition coefficient (Wildman–Crippen LogP) is 1.03. The summed E-state index contributed by atoms with van der Waals surface area (Å²) in [5.41, 5.74) is 0. The molecule has 1 unspecified atom stereocenters. The minimum absolute atomic E-state index is 0.199. The third-order valence-electron chi connectivity index (χ3n) is 1.98. The fourth-order valence-electron chi connectivity index (χ4n) is 1.23. The molecule has 1 rings (SSSR count). The summed E-state index contributed by atoms with van der Waals surface area (Å²) >= 11 is 0. The van der Waals surface area contributed by atoms with E-state index < -0.39 is 0 Å². The summed E-state index contributed by atoms with van der Waals surface area (Å²) in [5, 5.41) is 13.0. The van der Waals surface area contributed by atoms with Crippen LogP contribution in [0, 0.1) is 5.92 Å². The van der Waals surface area contributed by atoms with Crippen LogP contribution in [0.1, 0.15) is 32.6 Å². The summed E-state index contributed by atoms with van der Waals surface area (Å²) in [4.78, 5) is 4.17. The van der Waals surface area contributed by atoms with E-state index in [4.69, 9.17) is 5.11 Å². The van der Waals surface area contributed by atoms with Crippen LogP contribution >= 0.6 is 0 Å². The molecule has 4 heteroatoms. The van der Waals surface area contributed by atoms with E-state index in [-0.39, 0.29) is 12.5 Å². The van der Waals surface area contributed by atoms with E-state index in [1.807, 2.05) is 11.6 Å². The minimum atomic E-state index is 0.199. The van der Waals surface area contributed by atoms with Gasteiger partial charge in [0.05, 0.1) is 0 Å². The fraction of sp³-hybridized carbons (Fsp3) is 0.778. The van der Waals surface area contributed by atoms with Gasteiger partial charge in [0.1, 0.15) is 12.2 Å². The second kappa shape index (κ2) is 4.37. The highest BCUT2D eigenvalue weighted by Gasteiger charge is 2.10. The fourth-order valence-corrected chi connectivity index (χ4v) is 1.23. The van der Waals surface area contributed by atoms with Crippen molar-refractivity contribution in [1.29, 1.82) is 0 Å². The standard InChI is InChI=1S/C9H17N3O/c1-7(2)12-9(10-6-11-12)4-8(3)5-13/h6-8,13H,4-5H2,1-3H3. The Bertz CT molecular complexity index is 257. The summed E-state index contributed by atoms with van der Waals surface area (Å²) in [6.45, 7) is 6.34. The maximum absolute atomic E-state index is 8.91. The van der Waals surface area contributed by atoms with Crippen LogP contribution in [0.3, 0.4) is 0 Å². The van der Waals surface area contributed by atoms with Crippen LogP contribution in [0.15, 0.2) is 6.33 Å². The Hall–Kier alpha value is -0.900. The van der Waals surface area contributed by atoms with Crippen LogP contribution in [0.2, 0.25) is 0 Å². The lowest BCUT2D eigenvalue weighted by atomic mass is 10.1. The van der Waals surface area contributed by atoms with Crippen LogP contribution in [0.4, 0.5) is 0 Å². The summed E-state index contributed by atoms with van der Waals surface area (Å²) in [6, 6.07) is 0.336. The first-order valence-corrected chi connectivity index (χ1v) is 4.64. The van der Waals surface area contributed by atoms with Crippen LogP contribution in [-0.4, -0.2) is 26.5 Å². The number of aromatic nitrogens is 3. The molecule has 4 nitrogen and oxygen atoms in total. The molecule has 1 heterocycles. The molecule has 74 valence electrons. The molecule has 1 N–H and O–H groups in total. The highest BCUT2D eigenvalue weighted by molar-refractivity contribution is 4.88. The van der Waals surface area contributed by atoms with E-state index in [1.165, 1.54) is 0 Å². The first kappa shape index (κ1) is 10.2. The van der Waals surface area contributed by atoms with Gasteiger partial charge in [-0.15, -0.1) is 0 Å². The van der Waals surface area contributed by atoms with Gasteiger partial charge in [0, 0.05) is 19.1 Å². The molecule has 1 aromatic heterocycles. The zero-order valence-electron chi connectivity index (χ0n) is 8.44. The Labute approximate surface area is 78.6 Å². The first-order valence-electron chi connectivity index (χ1n) is 4.64. The van der Waals surface area contributed by atoms with E-state index in [0.717, 1.165) is 12.2 Å². The van der Waals surface area contributed by atoms with Crippen molar-refractivity contribution in [3.8, 4) is 0 Å². The van der Waals surface area contributed by atoms with Crippen molar-refractivity contribution in [3.05, 3.63) is 12.2 Å². The molecular formula is C9H17N3O. The van der Waals surface area contributed by atoms with Crippen molar-refractivity contribution < 1.29 is 5.11 Å². The van der Waals surface area contributed by atoms with Crippen molar-refractivity contribution in [2.75, 3.05) is 6.61 Å². The first-order chi connectivity index (χ1) is 6.15. The molecule has 1 atom stereocenters. The van der Waals surface area contributed by atoms with Gasteiger partial charge in [0.15, 0.2) is 0 Å². The summed E-state index contributed by atoms with van der Waals surface area (Å²) < 4.78 is 1.90. The molecule has 0 amide bonds. The Kier molecular flexibility index (Phi) is 3.42. The Morgan fingerprint density at radius 2 is 2.15 bits per heavy atom. The van der Waals surface area contributed by atoms with Crippen molar-refractivity contribution in [3.63, 3.8) is 0 Å². The van der Waals surface area contributed by atoms with Gasteiger partial charge < -0.3 is 5.11 Å². The molecule has 0 aliphatic heterocycles. The van der Waals surface area contributed by atoms with Crippen molar-refractivity contribution in [1.82, 2.24) is 14.8 Å². The smallest absolute Gasteiger partial charge is 0.138 e. The lowest BCUT2D eigenvalue weighted by Crippen LogP contribution is -2.13. The normalized spacial score (nSPS) is 13.6. The SMILES string of the molecule is CC(CO)Cc1ncnn1C(C)C. The van der Waals surface area contributed by atoms with Gasteiger partial charge in [0.2, 0.25) is 0 Å². The van der Waals surface area contributed by atoms with E-state index in [1.54, 1.807) is 6.33 Å². The van der Waals surface area contributed by atoms with E-state index in [2.05, 4.69) is 23.9 Å². The Morgan fingerprint density at radius 1 is 1.46 bits per heavy atom. The zero-order chi connectivity index (χ0) is 9.84. The lowest BCUT2D eigenvalue weighted by Gasteiger charge is -2.11. The second-order valence-corrected chi connectivity index (χ2v) is 3.71. The largest absolute Gasteiger partial charge is 0.396 e. The number of nitrogens with zero attached hydrogens (tertiary/aromatic N) is 3. The van der Waals surface area contributed by atoms with Gasteiger partial charge in [-0.1, -0.05) is 6.92 Å². The summed E-state index contributed by atoms with van der Waals surface area (Å²) in [6.07, 6.45) is 2.36. The lowest BCUT2D eigenvalue weighted by molar-refractivity contribution is 0.233. The zero-order valence-corrected chi connectivity index (χ0v) is 8.44. The molecule has 0 spiro atoms. The molecule has 0 aliphatic carbocycles. The van der Waals surface area contributed by atoms with Crippen LogP contribution in [0.25, 0.3) is 0 Å². The molecule has 0 aliphatic rings. The number of hydrogen-bond acceptors (Lipinski definition) is 3. The minimum Gasteiger partial charge on any atom is -0.396 e. The molecule has 0 radical (unpaired) electrons. The maximum atomic E-state index is 8.91. The van der Waals surface area contributed by atoms with E-state index >= 15 is 0 Å². The third kappa shape index (κ3) is 2.52. The third-order valence-corrected chi connectivity index (χ3v) is 1.98. The molecular weight excluding hydrogens is 166 g/mol. The number of hydrogen-bond donors (Lipinski definition) is 1. The molecule has 0 saturated carbocycles. The van der Waals surface area contributed by atoms with Crippen LogP contribution < -0.4 is 0 Å². The van der Waals surface area contributed by atoms with E-state index in [9.17, 15) is 0 Å². The Morgan fingerprint density at radius 3 is 2.69 bits per heavy atom. The maximum Gasteiger partial charge on any atom is 0.138 e. The Balaban J connectivity index is 2.70. The van der Waals surface area contributed by atoms with Crippen molar-refractivity contribution >= 4 is 0 Å². The van der Waals surface area contributed by atoms with Gasteiger partial charge in [-0.3, -0.25) is 0 Å². The average molecular weight is 183 g/mol. The van der Waals surface area contributed by atoms with Crippen molar-refractivity contribution in [2.45, 2.75) is 33.2 Å². The second-order valence-electron chi connectivity index (χ2n) is 3.71. The van der Waals surface area contributed by atoms with Gasteiger partial charge in [-0.25, -0.2) is 9.67 Å². The molecule has 13 heavy (non-hydrogen) atoms. The molecule has 0 bridgehead atoms. The van der Waals surface area contributed by atoms with Gasteiger partial charge in [-0.2, -0.15) is 5.10 Å². The predicted molar refractivity (Wildman–Crippen MR) is 50.4 cm³/mol. The quantitative estimate of drug-likeness (QED) is 0.758.